The van der Waals surface area contributed by atoms with Crippen molar-refractivity contribution in [3.63, 3.8) is 0 Å². The number of fused-ring (bicyclic) bond motifs is 1. The molecule has 1 aromatic carbocycles. The summed E-state index contributed by atoms with van der Waals surface area (Å²) in [7, 11) is 0. The summed E-state index contributed by atoms with van der Waals surface area (Å²) in [6.07, 6.45) is 2.55. The van der Waals surface area contributed by atoms with Gasteiger partial charge in [-0.1, -0.05) is 27.3 Å². The normalized spacial score (nSPS) is 24.0. The van der Waals surface area contributed by atoms with Crippen LogP contribution in [0.5, 0.6) is 0 Å². The molecule has 0 N–H and O–H groups in total. The maximum Gasteiger partial charge on any atom is 0.186 e. The summed E-state index contributed by atoms with van der Waals surface area (Å²) in [6, 6.07) is 6.98. The second kappa shape index (κ2) is 6.43. The van der Waals surface area contributed by atoms with Crippen LogP contribution in [0.4, 0.5) is 5.13 Å². The molecule has 3 heterocycles. The Morgan fingerprint density at radius 2 is 2.09 bits per heavy atom. The summed E-state index contributed by atoms with van der Waals surface area (Å²) >= 11 is 5.35. The fraction of sp³-hybridized carbons (Fsp3) is 0.562. The van der Waals surface area contributed by atoms with Crippen molar-refractivity contribution < 1.29 is 4.74 Å². The number of thiazole rings is 1. The van der Waals surface area contributed by atoms with Crippen molar-refractivity contribution in [2.45, 2.75) is 18.9 Å². The van der Waals surface area contributed by atoms with Crippen LogP contribution >= 0.6 is 27.3 Å². The maximum absolute atomic E-state index is 5.48. The zero-order valence-electron chi connectivity index (χ0n) is 12.5. The van der Waals surface area contributed by atoms with E-state index >= 15 is 0 Å². The van der Waals surface area contributed by atoms with Gasteiger partial charge in [-0.2, -0.15) is 0 Å². The van der Waals surface area contributed by atoms with Crippen molar-refractivity contribution in [3.8, 4) is 0 Å². The summed E-state index contributed by atoms with van der Waals surface area (Å²) in [4.78, 5) is 9.91. The van der Waals surface area contributed by atoms with E-state index in [1.165, 1.54) is 22.7 Å². The number of aromatic nitrogens is 1. The lowest BCUT2D eigenvalue weighted by Crippen LogP contribution is -2.51. The number of benzene rings is 1. The number of hydrogen-bond acceptors (Lipinski definition) is 5. The molecule has 4 nitrogen and oxygen atoms in total. The number of nitrogens with zero attached hydrogens (tertiary/aromatic N) is 3. The first-order valence-electron chi connectivity index (χ1n) is 7.92. The summed E-state index contributed by atoms with van der Waals surface area (Å²) in [5, 5.41) is 1.17. The number of anilines is 1. The third-order valence-electron chi connectivity index (χ3n) is 4.57. The molecule has 2 aliphatic heterocycles. The number of halogens is 1. The van der Waals surface area contributed by atoms with Crippen molar-refractivity contribution in [2.75, 3.05) is 44.3 Å². The molecule has 0 bridgehead atoms. The summed E-state index contributed by atoms with van der Waals surface area (Å²) in [6.45, 7) is 6.14. The summed E-state index contributed by atoms with van der Waals surface area (Å²) < 4.78 is 7.87. The minimum atomic E-state index is 0.649. The Hall–Kier alpha value is -0.690. The van der Waals surface area contributed by atoms with E-state index < -0.39 is 0 Å². The first kappa shape index (κ1) is 14.9. The third kappa shape index (κ3) is 3.02. The molecule has 1 atom stereocenters. The number of hydrogen-bond donors (Lipinski definition) is 0. The zero-order chi connectivity index (χ0) is 14.9. The second-order valence-corrected chi connectivity index (χ2v) is 7.92. The van der Waals surface area contributed by atoms with Gasteiger partial charge in [0.25, 0.3) is 0 Å². The van der Waals surface area contributed by atoms with E-state index in [1.807, 2.05) is 11.3 Å². The minimum absolute atomic E-state index is 0.649. The fourth-order valence-corrected chi connectivity index (χ4v) is 4.94. The van der Waals surface area contributed by atoms with Gasteiger partial charge < -0.3 is 9.64 Å². The van der Waals surface area contributed by atoms with E-state index in [0.717, 1.165) is 49.4 Å². The average Bonchev–Trinajstić information content (AvgIpc) is 2.99. The third-order valence-corrected chi connectivity index (χ3v) is 6.14. The molecule has 2 aliphatic rings. The van der Waals surface area contributed by atoms with Crippen LogP contribution in [0.25, 0.3) is 10.2 Å². The largest absolute Gasteiger partial charge is 0.379 e. The molecule has 2 fully saturated rings. The fourth-order valence-electron chi connectivity index (χ4n) is 3.39. The number of morpholine rings is 1. The van der Waals surface area contributed by atoms with Crippen molar-refractivity contribution in [2.24, 2.45) is 0 Å². The highest BCUT2D eigenvalue weighted by Gasteiger charge is 2.27. The van der Waals surface area contributed by atoms with Gasteiger partial charge >= 0.3 is 0 Å². The van der Waals surface area contributed by atoms with Gasteiger partial charge in [-0.15, -0.1) is 0 Å². The Morgan fingerprint density at radius 1 is 1.23 bits per heavy atom. The van der Waals surface area contributed by atoms with Crippen LogP contribution in [0.2, 0.25) is 0 Å². The smallest absolute Gasteiger partial charge is 0.186 e. The van der Waals surface area contributed by atoms with Gasteiger partial charge in [0.15, 0.2) is 5.13 Å². The molecule has 4 rings (SSSR count). The molecule has 0 radical (unpaired) electrons. The molecular weight excluding hydrogens is 362 g/mol. The van der Waals surface area contributed by atoms with Crippen LogP contribution in [-0.4, -0.2) is 55.3 Å². The summed E-state index contributed by atoms with van der Waals surface area (Å²) in [5.74, 6) is 0. The van der Waals surface area contributed by atoms with Crippen LogP contribution in [0.15, 0.2) is 22.7 Å². The number of piperidine rings is 1. The first-order valence-corrected chi connectivity index (χ1v) is 9.53. The Kier molecular flexibility index (Phi) is 4.35. The highest BCUT2D eigenvalue weighted by molar-refractivity contribution is 9.10. The van der Waals surface area contributed by atoms with Crippen molar-refractivity contribution in [3.05, 3.63) is 22.7 Å². The molecule has 0 saturated carbocycles. The van der Waals surface area contributed by atoms with E-state index in [9.17, 15) is 0 Å². The Bertz CT molecular complexity index is 656. The lowest BCUT2D eigenvalue weighted by molar-refractivity contribution is 0.0137. The molecule has 1 aromatic heterocycles. The lowest BCUT2D eigenvalue weighted by atomic mass is 10.0. The van der Waals surface area contributed by atoms with Crippen LogP contribution < -0.4 is 4.90 Å². The van der Waals surface area contributed by atoms with Gasteiger partial charge in [-0.05, 0) is 31.0 Å². The quantitative estimate of drug-likeness (QED) is 0.797. The predicted molar refractivity (Wildman–Crippen MR) is 94.9 cm³/mol. The Morgan fingerprint density at radius 3 is 2.95 bits per heavy atom. The van der Waals surface area contributed by atoms with Crippen molar-refractivity contribution >= 4 is 42.6 Å². The topological polar surface area (TPSA) is 28.6 Å². The molecule has 2 aromatic rings. The maximum atomic E-state index is 5.48. The average molecular weight is 382 g/mol. The molecule has 0 spiro atoms. The van der Waals surface area contributed by atoms with Gasteiger partial charge in [0.05, 0.1) is 23.4 Å². The predicted octanol–water partition coefficient (Wildman–Crippen LogP) is 3.36. The molecule has 2 saturated heterocycles. The van der Waals surface area contributed by atoms with Gasteiger partial charge in [0.1, 0.15) is 0 Å². The SMILES string of the molecule is Brc1ccc2nc(N3CCC[C@H](N4CCOCC4)C3)sc2c1. The van der Waals surface area contributed by atoms with Crippen molar-refractivity contribution in [1.82, 2.24) is 9.88 Å². The van der Waals surface area contributed by atoms with E-state index in [-0.39, 0.29) is 0 Å². The highest BCUT2D eigenvalue weighted by atomic mass is 79.9. The number of ether oxygens (including phenoxy) is 1. The Balaban J connectivity index is 1.52. The van der Waals surface area contributed by atoms with E-state index in [0.29, 0.717) is 6.04 Å². The zero-order valence-corrected chi connectivity index (χ0v) is 14.9. The molecule has 118 valence electrons. The van der Waals surface area contributed by atoms with Crippen LogP contribution in [0, 0.1) is 0 Å². The van der Waals surface area contributed by atoms with Crippen LogP contribution in [0.3, 0.4) is 0 Å². The number of rotatable bonds is 2. The minimum Gasteiger partial charge on any atom is -0.379 e. The van der Waals surface area contributed by atoms with Gasteiger partial charge in [0, 0.05) is 36.7 Å². The standard InChI is InChI=1S/C16H20BrN3OS/c17-12-3-4-14-15(10-12)22-16(18-14)20-5-1-2-13(11-20)19-6-8-21-9-7-19/h3-4,10,13H,1-2,5-9,11H2/t13-/m0/s1. The molecule has 0 aliphatic carbocycles. The first-order chi connectivity index (χ1) is 10.8. The molecule has 22 heavy (non-hydrogen) atoms. The van der Waals surface area contributed by atoms with Crippen molar-refractivity contribution in [1.29, 1.82) is 0 Å². The highest BCUT2D eigenvalue weighted by Crippen LogP contribution is 2.32. The van der Waals surface area contributed by atoms with E-state index in [4.69, 9.17) is 9.72 Å². The lowest BCUT2D eigenvalue weighted by Gasteiger charge is -2.40. The molecule has 0 unspecified atom stereocenters. The molecule has 0 amide bonds. The Labute approximate surface area is 143 Å². The van der Waals surface area contributed by atoms with Crippen LogP contribution in [0.1, 0.15) is 12.8 Å². The van der Waals surface area contributed by atoms with Crippen LogP contribution in [-0.2, 0) is 4.74 Å². The second-order valence-electron chi connectivity index (χ2n) is 6.00. The summed E-state index contributed by atoms with van der Waals surface area (Å²) in [5.41, 5.74) is 1.11. The van der Waals surface area contributed by atoms with Gasteiger partial charge in [-0.25, -0.2) is 4.98 Å². The van der Waals surface area contributed by atoms with E-state index in [1.54, 1.807) is 0 Å². The van der Waals surface area contributed by atoms with Gasteiger partial charge in [0.2, 0.25) is 0 Å². The monoisotopic (exact) mass is 381 g/mol. The van der Waals surface area contributed by atoms with E-state index in [2.05, 4.69) is 43.9 Å². The molecule has 6 heteroatoms. The van der Waals surface area contributed by atoms with Gasteiger partial charge in [-0.3, -0.25) is 4.90 Å². The molecular formula is C16H20BrN3OS.